The number of benzene rings is 2. The molecule has 0 bridgehead atoms. The van der Waals surface area contributed by atoms with Crippen LogP contribution in [0.2, 0.25) is 0 Å². The van der Waals surface area contributed by atoms with Gasteiger partial charge < -0.3 is 14.8 Å². The summed E-state index contributed by atoms with van der Waals surface area (Å²) >= 11 is 0. The van der Waals surface area contributed by atoms with Gasteiger partial charge in [0.15, 0.2) is 0 Å². The first-order chi connectivity index (χ1) is 12.1. The van der Waals surface area contributed by atoms with Gasteiger partial charge in [-0.25, -0.2) is 0 Å². The molecule has 0 aliphatic carbocycles. The molecular weight excluding hydrogens is 316 g/mol. The second-order valence-corrected chi connectivity index (χ2v) is 6.03. The van der Waals surface area contributed by atoms with Crippen LogP contribution in [0.5, 0.6) is 11.5 Å². The van der Waals surface area contributed by atoms with Crippen molar-refractivity contribution < 1.29 is 14.3 Å². The van der Waals surface area contributed by atoms with E-state index in [0.29, 0.717) is 26.2 Å². The number of carbonyl (C=O) groups is 1. The average molecular weight is 342 g/mol. The molecule has 0 fully saturated rings. The van der Waals surface area contributed by atoms with Crippen molar-refractivity contribution >= 4 is 5.91 Å². The smallest absolute Gasteiger partial charge is 0.234 e. The fraction of sp³-hybridized carbons (Fsp3) is 0.350. The number of carbonyl (C=O) groups excluding carboxylic acids is 1. The third-order valence-corrected chi connectivity index (χ3v) is 3.79. The highest BCUT2D eigenvalue weighted by atomic mass is 16.5. The molecule has 0 heterocycles. The van der Waals surface area contributed by atoms with Crippen molar-refractivity contribution in [3.05, 3.63) is 59.7 Å². The van der Waals surface area contributed by atoms with Crippen LogP contribution >= 0.6 is 0 Å². The van der Waals surface area contributed by atoms with Crippen molar-refractivity contribution in [2.75, 3.05) is 33.9 Å². The maximum absolute atomic E-state index is 12.0. The molecule has 5 nitrogen and oxygen atoms in total. The van der Waals surface area contributed by atoms with Crippen molar-refractivity contribution in [1.82, 2.24) is 10.2 Å². The predicted molar refractivity (Wildman–Crippen MR) is 99.0 cm³/mol. The Labute approximate surface area is 149 Å². The minimum atomic E-state index is -0.00567. The third-order valence-electron chi connectivity index (χ3n) is 3.79. The summed E-state index contributed by atoms with van der Waals surface area (Å²) in [5, 5.41) is 2.92. The molecule has 0 aromatic heterocycles. The van der Waals surface area contributed by atoms with E-state index >= 15 is 0 Å². The molecule has 0 unspecified atom stereocenters. The molecular formula is C20H26N2O3. The van der Waals surface area contributed by atoms with Gasteiger partial charge in [-0.1, -0.05) is 24.3 Å². The zero-order valence-electron chi connectivity index (χ0n) is 15.1. The number of methoxy groups -OCH3 is 1. The molecule has 25 heavy (non-hydrogen) atoms. The van der Waals surface area contributed by atoms with Crippen molar-refractivity contribution in [1.29, 1.82) is 0 Å². The number of likely N-dealkylation sites (N-methyl/N-ethyl adjacent to an activating group) is 1. The molecule has 0 radical (unpaired) electrons. The van der Waals surface area contributed by atoms with Crippen LogP contribution in [-0.2, 0) is 11.3 Å². The molecule has 5 heteroatoms. The summed E-state index contributed by atoms with van der Waals surface area (Å²) in [4.78, 5) is 14.0. The normalized spacial score (nSPS) is 10.6. The van der Waals surface area contributed by atoms with Gasteiger partial charge in [0.25, 0.3) is 0 Å². The molecule has 0 saturated carbocycles. The number of aryl methyl sites for hydroxylation is 1. The second kappa shape index (κ2) is 9.69. The number of hydrogen-bond acceptors (Lipinski definition) is 4. The molecule has 2 aromatic rings. The largest absolute Gasteiger partial charge is 0.497 e. The molecule has 1 N–H and O–H groups in total. The van der Waals surface area contributed by atoms with Gasteiger partial charge in [-0.2, -0.15) is 0 Å². The monoisotopic (exact) mass is 342 g/mol. The van der Waals surface area contributed by atoms with Gasteiger partial charge in [0.2, 0.25) is 5.91 Å². The highest BCUT2D eigenvalue weighted by Gasteiger charge is 2.07. The SMILES string of the molecule is COc1ccc(CNC(=O)CN(C)CCOc2cccc(C)c2)cc1. The Kier molecular flexibility index (Phi) is 7.29. The van der Waals surface area contributed by atoms with Crippen molar-refractivity contribution in [2.24, 2.45) is 0 Å². The fourth-order valence-electron chi connectivity index (χ4n) is 2.35. The number of hydrogen-bond donors (Lipinski definition) is 1. The molecule has 2 aromatic carbocycles. The Bertz CT molecular complexity index is 671. The van der Waals surface area contributed by atoms with Gasteiger partial charge in [-0.15, -0.1) is 0 Å². The number of rotatable bonds is 9. The first-order valence-corrected chi connectivity index (χ1v) is 8.34. The van der Waals surface area contributed by atoms with Crippen molar-refractivity contribution in [3.63, 3.8) is 0 Å². The molecule has 0 aliphatic heterocycles. The standard InChI is InChI=1S/C20H26N2O3/c1-16-5-4-6-19(13-16)25-12-11-22(2)15-20(23)21-14-17-7-9-18(24-3)10-8-17/h4-10,13H,11-12,14-15H2,1-3H3,(H,21,23). The van der Waals surface area contributed by atoms with Gasteiger partial charge in [0, 0.05) is 13.1 Å². The lowest BCUT2D eigenvalue weighted by Crippen LogP contribution is -2.36. The van der Waals surface area contributed by atoms with E-state index in [2.05, 4.69) is 5.32 Å². The summed E-state index contributed by atoms with van der Waals surface area (Å²) in [6, 6.07) is 15.6. The van der Waals surface area contributed by atoms with E-state index < -0.39 is 0 Å². The number of ether oxygens (including phenoxy) is 2. The summed E-state index contributed by atoms with van der Waals surface area (Å²) in [6.45, 7) is 4.12. The van der Waals surface area contributed by atoms with E-state index in [-0.39, 0.29) is 5.91 Å². The van der Waals surface area contributed by atoms with Crippen LogP contribution in [0.3, 0.4) is 0 Å². The number of nitrogens with one attached hydrogen (secondary N) is 1. The second-order valence-electron chi connectivity index (χ2n) is 6.03. The van der Waals surface area contributed by atoms with E-state index in [1.807, 2.05) is 67.4 Å². The van der Waals surface area contributed by atoms with Gasteiger partial charge in [0.05, 0.1) is 13.7 Å². The first-order valence-electron chi connectivity index (χ1n) is 8.34. The van der Waals surface area contributed by atoms with Gasteiger partial charge in [0.1, 0.15) is 18.1 Å². The molecule has 0 aliphatic rings. The predicted octanol–water partition coefficient (Wildman–Crippen LogP) is 2.63. The van der Waals surface area contributed by atoms with Crippen LogP contribution in [-0.4, -0.2) is 44.7 Å². The minimum Gasteiger partial charge on any atom is -0.497 e. The summed E-state index contributed by atoms with van der Waals surface area (Å²) in [6.07, 6.45) is 0. The quantitative estimate of drug-likeness (QED) is 0.761. The lowest BCUT2D eigenvalue weighted by molar-refractivity contribution is -0.122. The van der Waals surface area contributed by atoms with Crippen LogP contribution in [0, 0.1) is 6.92 Å². The average Bonchev–Trinajstić information content (AvgIpc) is 2.60. The Hall–Kier alpha value is -2.53. The van der Waals surface area contributed by atoms with E-state index in [1.54, 1.807) is 7.11 Å². The first kappa shape index (κ1) is 18.8. The molecule has 0 spiro atoms. The van der Waals surface area contributed by atoms with E-state index in [0.717, 1.165) is 17.1 Å². The molecule has 134 valence electrons. The Balaban J connectivity index is 1.65. The van der Waals surface area contributed by atoms with Gasteiger partial charge in [-0.05, 0) is 49.4 Å². The molecule has 2 rings (SSSR count). The van der Waals surface area contributed by atoms with E-state index in [9.17, 15) is 4.79 Å². The van der Waals surface area contributed by atoms with Crippen LogP contribution in [0.25, 0.3) is 0 Å². The third kappa shape index (κ3) is 6.85. The maximum atomic E-state index is 12.0. The molecule has 1 amide bonds. The van der Waals surface area contributed by atoms with E-state index in [1.165, 1.54) is 5.56 Å². The van der Waals surface area contributed by atoms with Gasteiger partial charge >= 0.3 is 0 Å². The highest BCUT2D eigenvalue weighted by molar-refractivity contribution is 5.77. The maximum Gasteiger partial charge on any atom is 0.234 e. The van der Waals surface area contributed by atoms with Crippen LogP contribution < -0.4 is 14.8 Å². The van der Waals surface area contributed by atoms with Crippen LogP contribution in [0.15, 0.2) is 48.5 Å². The lowest BCUT2D eigenvalue weighted by Gasteiger charge is -2.17. The zero-order valence-corrected chi connectivity index (χ0v) is 15.1. The lowest BCUT2D eigenvalue weighted by atomic mass is 10.2. The Morgan fingerprint density at radius 1 is 1.12 bits per heavy atom. The summed E-state index contributed by atoms with van der Waals surface area (Å²) in [5.74, 6) is 1.66. The topological polar surface area (TPSA) is 50.8 Å². The number of nitrogens with zero attached hydrogens (tertiary/aromatic N) is 1. The van der Waals surface area contributed by atoms with Crippen LogP contribution in [0.4, 0.5) is 0 Å². The summed E-state index contributed by atoms with van der Waals surface area (Å²) < 4.78 is 10.8. The van der Waals surface area contributed by atoms with Crippen molar-refractivity contribution in [3.8, 4) is 11.5 Å². The zero-order chi connectivity index (χ0) is 18.1. The van der Waals surface area contributed by atoms with Crippen molar-refractivity contribution in [2.45, 2.75) is 13.5 Å². The van der Waals surface area contributed by atoms with E-state index in [4.69, 9.17) is 9.47 Å². The fourth-order valence-corrected chi connectivity index (χ4v) is 2.35. The van der Waals surface area contributed by atoms with Gasteiger partial charge in [-0.3, -0.25) is 9.69 Å². The molecule has 0 saturated heterocycles. The molecule has 0 atom stereocenters. The van der Waals surface area contributed by atoms with Crippen LogP contribution in [0.1, 0.15) is 11.1 Å². The Morgan fingerprint density at radius 2 is 1.88 bits per heavy atom. The summed E-state index contributed by atoms with van der Waals surface area (Å²) in [7, 11) is 3.54. The highest BCUT2D eigenvalue weighted by Crippen LogP contribution is 2.12. The Morgan fingerprint density at radius 3 is 2.56 bits per heavy atom. The summed E-state index contributed by atoms with van der Waals surface area (Å²) in [5.41, 5.74) is 2.21. The minimum absolute atomic E-state index is 0.00567. The number of amides is 1.